The molecule has 1 saturated heterocycles. The zero-order valence-corrected chi connectivity index (χ0v) is 21.3. The number of benzene rings is 1. The van der Waals surface area contributed by atoms with Gasteiger partial charge in [-0.3, -0.25) is 14.4 Å². The zero-order chi connectivity index (χ0) is 26.0. The van der Waals surface area contributed by atoms with Crippen molar-refractivity contribution in [2.45, 2.75) is 38.8 Å². The highest BCUT2D eigenvalue weighted by molar-refractivity contribution is 7.86. The Morgan fingerprint density at radius 3 is 2.58 bits per heavy atom. The molecule has 2 aliphatic heterocycles. The Hall–Kier alpha value is -3.38. The molecule has 3 heterocycles. The summed E-state index contributed by atoms with van der Waals surface area (Å²) in [6.45, 7) is 3.58. The van der Waals surface area contributed by atoms with Crippen LogP contribution in [0.2, 0.25) is 0 Å². The number of carbonyl (C=O) groups excluding carboxylic acids is 3. The highest BCUT2D eigenvalue weighted by Crippen LogP contribution is 2.20. The van der Waals surface area contributed by atoms with Gasteiger partial charge in [0.15, 0.2) is 11.5 Å². The fourth-order valence-corrected chi connectivity index (χ4v) is 5.73. The maximum Gasteiger partial charge on any atom is 0.305 e. The number of carbonyl (C=O) groups is 3. The van der Waals surface area contributed by atoms with Crippen molar-refractivity contribution in [3.63, 3.8) is 0 Å². The monoisotopic (exact) mass is 517 g/mol. The lowest BCUT2D eigenvalue weighted by molar-refractivity contribution is -0.129. The molecular formula is C24H31N5O6S. The summed E-state index contributed by atoms with van der Waals surface area (Å²) in [7, 11) is -2.10. The number of amides is 2. The van der Waals surface area contributed by atoms with E-state index >= 15 is 0 Å². The molecule has 194 valence electrons. The second kappa shape index (κ2) is 10.3. The van der Waals surface area contributed by atoms with E-state index in [0.717, 1.165) is 9.69 Å². The van der Waals surface area contributed by atoms with Crippen molar-refractivity contribution in [1.82, 2.24) is 24.1 Å². The topological polar surface area (TPSA) is 132 Å². The van der Waals surface area contributed by atoms with E-state index in [1.807, 2.05) is 12.1 Å². The molecule has 2 N–H and O–H groups in total. The van der Waals surface area contributed by atoms with Crippen molar-refractivity contribution >= 4 is 38.8 Å². The van der Waals surface area contributed by atoms with Gasteiger partial charge in [-0.1, -0.05) is 32.0 Å². The van der Waals surface area contributed by atoms with Crippen LogP contribution in [0, 0.1) is 5.92 Å². The van der Waals surface area contributed by atoms with Crippen molar-refractivity contribution in [3.05, 3.63) is 48.5 Å². The Bertz CT molecular complexity index is 1250. The molecule has 0 spiro atoms. The number of ketones is 1. The van der Waals surface area contributed by atoms with Gasteiger partial charge in [0.2, 0.25) is 5.91 Å². The predicted octanol–water partition coefficient (Wildman–Crippen LogP) is 1.26. The molecule has 2 aromatic rings. The van der Waals surface area contributed by atoms with Crippen molar-refractivity contribution < 1.29 is 27.2 Å². The number of hydrogen-bond acceptors (Lipinski definition) is 7. The lowest BCUT2D eigenvalue weighted by Gasteiger charge is -2.26. The van der Waals surface area contributed by atoms with E-state index in [2.05, 4.69) is 10.6 Å². The smallest absolute Gasteiger partial charge is 0.305 e. The number of furan rings is 1. The van der Waals surface area contributed by atoms with E-state index in [0.29, 0.717) is 18.4 Å². The average molecular weight is 518 g/mol. The fourth-order valence-electron chi connectivity index (χ4n) is 4.25. The number of Topliss-reactive ketones (excluding diaryl/α,β-unsaturated/α-hetero) is 1. The van der Waals surface area contributed by atoms with Crippen molar-refractivity contribution in [3.8, 4) is 0 Å². The average Bonchev–Trinajstić information content (AvgIpc) is 3.42. The summed E-state index contributed by atoms with van der Waals surface area (Å²) in [5.41, 5.74) is 0.563. The van der Waals surface area contributed by atoms with Crippen molar-refractivity contribution in [2.75, 3.05) is 26.8 Å². The first-order valence-corrected chi connectivity index (χ1v) is 13.2. The van der Waals surface area contributed by atoms with Crippen LogP contribution in [0.1, 0.15) is 37.2 Å². The van der Waals surface area contributed by atoms with Gasteiger partial charge in [-0.25, -0.2) is 4.31 Å². The van der Waals surface area contributed by atoms with Crippen LogP contribution in [0.15, 0.2) is 47.1 Å². The Morgan fingerprint density at radius 2 is 1.92 bits per heavy atom. The molecule has 0 saturated carbocycles. The van der Waals surface area contributed by atoms with Crippen LogP contribution in [0.4, 0.5) is 0 Å². The van der Waals surface area contributed by atoms with Crippen molar-refractivity contribution in [2.24, 2.45) is 5.92 Å². The largest absolute Gasteiger partial charge is 0.451 e. The maximum atomic E-state index is 13.1. The third kappa shape index (κ3) is 5.39. The lowest BCUT2D eigenvalue weighted by Crippen LogP contribution is -2.54. The molecular weight excluding hydrogens is 486 g/mol. The minimum Gasteiger partial charge on any atom is -0.451 e. The number of fused-ring (bicyclic) bond motifs is 1. The van der Waals surface area contributed by atoms with E-state index in [4.69, 9.17) is 4.42 Å². The first-order chi connectivity index (χ1) is 17.1. The molecule has 0 aliphatic carbocycles. The normalized spacial score (nSPS) is 20.1. The molecule has 36 heavy (non-hydrogen) atoms. The fraction of sp³-hybridized carbons (Fsp3) is 0.458. The number of para-hydroxylation sites is 1. The van der Waals surface area contributed by atoms with Crippen LogP contribution in [0.3, 0.4) is 0 Å². The van der Waals surface area contributed by atoms with Gasteiger partial charge in [-0.15, -0.1) is 0 Å². The van der Waals surface area contributed by atoms with E-state index in [1.165, 1.54) is 10.5 Å². The number of hydrogen-bond donors (Lipinski definition) is 2. The van der Waals surface area contributed by atoms with Crippen molar-refractivity contribution in [1.29, 1.82) is 0 Å². The second-order valence-electron chi connectivity index (χ2n) is 9.44. The molecule has 0 radical (unpaired) electrons. The molecule has 4 rings (SSSR count). The summed E-state index contributed by atoms with van der Waals surface area (Å²) >= 11 is 0. The Balaban J connectivity index is 1.40. The highest BCUT2D eigenvalue weighted by Gasteiger charge is 2.37. The lowest BCUT2D eigenvalue weighted by atomic mass is 10.0. The van der Waals surface area contributed by atoms with Gasteiger partial charge in [0.05, 0.1) is 12.6 Å². The molecule has 2 aliphatic rings. The van der Waals surface area contributed by atoms with Gasteiger partial charge in [-0.05, 0) is 30.9 Å². The summed E-state index contributed by atoms with van der Waals surface area (Å²) in [5.74, 6) is -1.62. The molecule has 12 heteroatoms. The highest BCUT2D eigenvalue weighted by atomic mass is 32.2. The van der Waals surface area contributed by atoms with E-state index < -0.39 is 39.9 Å². The number of rotatable bonds is 7. The summed E-state index contributed by atoms with van der Waals surface area (Å²) in [6, 6.07) is 7.05. The number of nitrogens with one attached hydrogen (secondary N) is 2. The van der Waals surface area contributed by atoms with Gasteiger partial charge in [0.1, 0.15) is 18.3 Å². The molecule has 1 fully saturated rings. The SMILES string of the molecule is CC(C)C(NC(=O)c1cc2ccccc2o1)C(=O)NC1CCCN(S(=O)(=O)N2C=CN(C)C2)CC1=O. The van der Waals surface area contributed by atoms with Crippen LogP contribution in [0.25, 0.3) is 11.0 Å². The third-order valence-corrected chi connectivity index (χ3v) is 8.09. The standard InChI is InChI=1S/C24H31N5O6S/c1-16(2)22(26-23(31)21-13-17-7-4-5-9-20(17)35-21)24(32)25-18-8-6-10-28(14-19(18)30)36(33,34)29-12-11-27(3)15-29/h4-5,7,9,11-13,16,18,22H,6,8,10,14-15H2,1-3H3,(H,25,32)(H,26,31). The summed E-state index contributed by atoms with van der Waals surface area (Å²) < 4.78 is 33.8. The van der Waals surface area contributed by atoms with Crippen LogP contribution >= 0.6 is 0 Å². The summed E-state index contributed by atoms with van der Waals surface area (Å²) in [5, 5.41) is 6.21. The first kappa shape index (κ1) is 25.7. The van der Waals surface area contributed by atoms with E-state index in [1.54, 1.807) is 50.2 Å². The van der Waals surface area contributed by atoms with E-state index in [-0.39, 0.29) is 31.4 Å². The molecule has 2 atom stereocenters. The second-order valence-corrected chi connectivity index (χ2v) is 11.3. The van der Waals surface area contributed by atoms with Gasteiger partial charge in [0, 0.05) is 31.4 Å². The Morgan fingerprint density at radius 1 is 1.17 bits per heavy atom. The molecule has 0 bridgehead atoms. The quantitative estimate of drug-likeness (QED) is 0.565. The van der Waals surface area contributed by atoms with Gasteiger partial charge in [0.25, 0.3) is 5.91 Å². The van der Waals surface area contributed by atoms with Crippen LogP contribution in [0.5, 0.6) is 0 Å². The zero-order valence-electron chi connectivity index (χ0n) is 20.5. The maximum absolute atomic E-state index is 13.1. The molecule has 2 amide bonds. The molecule has 1 aromatic heterocycles. The summed E-state index contributed by atoms with van der Waals surface area (Å²) in [6.07, 6.45) is 3.81. The van der Waals surface area contributed by atoms with E-state index in [9.17, 15) is 22.8 Å². The van der Waals surface area contributed by atoms with Crippen LogP contribution in [-0.2, 0) is 19.8 Å². The Labute approximate surface area is 210 Å². The van der Waals surface area contributed by atoms with Crippen LogP contribution < -0.4 is 10.6 Å². The minimum absolute atomic E-state index is 0.0858. The van der Waals surface area contributed by atoms with Gasteiger partial charge < -0.3 is 20.0 Å². The molecule has 11 nitrogen and oxygen atoms in total. The van der Waals surface area contributed by atoms with Gasteiger partial charge >= 0.3 is 10.2 Å². The minimum atomic E-state index is -3.85. The van der Waals surface area contributed by atoms with Crippen LogP contribution in [-0.4, -0.2) is 78.4 Å². The summed E-state index contributed by atoms with van der Waals surface area (Å²) in [4.78, 5) is 40.6. The third-order valence-electron chi connectivity index (χ3n) is 6.30. The molecule has 1 aromatic carbocycles. The van der Waals surface area contributed by atoms with Gasteiger partial charge in [-0.2, -0.15) is 12.7 Å². The molecule has 2 unspecified atom stereocenters. The first-order valence-electron chi connectivity index (χ1n) is 11.8. The predicted molar refractivity (Wildman–Crippen MR) is 133 cm³/mol. The Kier molecular flexibility index (Phi) is 7.36. The number of nitrogens with zero attached hydrogens (tertiary/aromatic N) is 3.